The van der Waals surface area contributed by atoms with Crippen LogP contribution in [0.3, 0.4) is 0 Å². The van der Waals surface area contributed by atoms with Crippen LogP contribution in [0.1, 0.15) is 37.4 Å². The van der Waals surface area contributed by atoms with Gasteiger partial charge in [0.05, 0.1) is 17.9 Å². The van der Waals surface area contributed by atoms with E-state index in [1.54, 1.807) is 6.07 Å². The van der Waals surface area contributed by atoms with Crippen molar-refractivity contribution in [3.63, 3.8) is 0 Å². The highest BCUT2D eigenvalue weighted by molar-refractivity contribution is 5.90. The summed E-state index contributed by atoms with van der Waals surface area (Å²) in [6.07, 6.45) is 2.93. The zero-order valence-electron chi connectivity index (χ0n) is 23.1. The Morgan fingerprint density at radius 3 is 2.38 bits per heavy atom. The first kappa shape index (κ1) is 27.1. The van der Waals surface area contributed by atoms with Gasteiger partial charge in [-0.05, 0) is 50.1 Å². The number of benzene rings is 3. The van der Waals surface area contributed by atoms with Crippen LogP contribution in [0.25, 0.3) is 21.7 Å². The van der Waals surface area contributed by atoms with Gasteiger partial charge < -0.3 is 19.9 Å². The minimum atomic E-state index is -0.819. The van der Waals surface area contributed by atoms with E-state index in [0.29, 0.717) is 24.3 Å². The van der Waals surface area contributed by atoms with E-state index >= 15 is 0 Å². The van der Waals surface area contributed by atoms with Gasteiger partial charge >= 0.3 is 5.97 Å². The summed E-state index contributed by atoms with van der Waals surface area (Å²) in [4.78, 5) is 25.1. The molecule has 8 nitrogen and oxygen atoms in total. The molecular weight excluding hydrogens is 502 g/mol. The normalized spacial score (nSPS) is 12.5. The quantitative estimate of drug-likeness (QED) is 0.157. The molecule has 0 aliphatic rings. The molecule has 206 valence electrons. The third-order valence-electron chi connectivity index (χ3n) is 7.45. The van der Waals surface area contributed by atoms with Crippen LogP contribution in [0, 0.1) is 5.41 Å². The number of methoxy groups -OCH3 is 1. The van der Waals surface area contributed by atoms with E-state index < -0.39 is 5.41 Å². The van der Waals surface area contributed by atoms with Gasteiger partial charge in [0.1, 0.15) is 0 Å². The van der Waals surface area contributed by atoms with E-state index in [-0.39, 0.29) is 17.6 Å². The van der Waals surface area contributed by atoms with Crippen LogP contribution in [-0.4, -0.2) is 40.9 Å². The number of nitrogens with one attached hydrogen (secondary N) is 3. The summed E-state index contributed by atoms with van der Waals surface area (Å²) in [6.45, 7) is 5.87. The second kappa shape index (κ2) is 11.8. The van der Waals surface area contributed by atoms with Crippen molar-refractivity contribution in [2.45, 2.75) is 32.9 Å². The van der Waals surface area contributed by atoms with Gasteiger partial charge in [0, 0.05) is 41.6 Å². The van der Waals surface area contributed by atoms with Gasteiger partial charge in [-0.2, -0.15) is 5.10 Å². The minimum absolute atomic E-state index is 0.206. The number of hydrogen-bond acceptors (Lipinski definition) is 6. The predicted octanol–water partition coefficient (Wildman–Crippen LogP) is 5.26. The Hall–Kier alpha value is -4.43. The molecule has 3 N–H and O–H groups in total. The Bertz CT molecular complexity index is 1670. The summed E-state index contributed by atoms with van der Waals surface area (Å²) in [5.74, 6) is 0.373. The van der Waals surface area contributed by atoms with Crippen LogP contribution in [0.15, 0.2) is 89.9 Å². The highest BCUT2D eigenvalue weighted by Gasteiger charge is 2.40. The second-order valence-electron chi connectivity index (χ2n) is 10.5. The van der Waals surface area contributed by atoms with Crippen molar-refractivity contribution in [2.24, 2.45) is 5.41 Å². The van der Waals surface area contributed by atoms with Crippen molar-refractivity contribution in [1.29, 1.82) is 0 Å². The van der Waals surface area contributed by atoms with Crippen molar-refractivity contribution in [3.05, 3.63) is 107 Å². The topological polar surface area (TPSA) is 101 Å². The number of rotatable bonds is 11. The number of carbonyl (C=O) groups excluding carboxylic acids is 1. The lowest BCUT2D eigenvalue weighted by Gasteiger charge is -2.32. The van der Waals surface area contributed by atoms with E-state index in [2.05, 4.69) is 55.9 Å². The summed E-state index contributed by atoms with van der Waals surface area (Å²) in [6, 6.07) is 25.8. The molecule has 0 radical (unpaired) electrons. The number of nitrogens with zero attached hydrogens (tertiary/aromatic N) is 2. The Morgan fingerprint density at radius 2 is 1.62 bits per heavy atom. The van der Waals surface area contributed by atoms with Crippen LogP contribution < -0.4 is 16.2 Å². The Labute approximate surface area is 233 Å². The van der Waals surface area contributed by atoms with Gasteiger partial charge in [-0.1, -0.05) is 66.7 Å². The third-order valence-corrected chi connectivity index (χ3v) is 7.45. The monoisotopic (exact) mass is 537 g/mol. The SMILES string of the molecule is COC(=O)C(C)(C)C(NCCCNc1n[nH]c(=O)c2ccccc12)c1cn(Cc2ccccc2)c2ccccc12. The lowest BCUT2D eigenvalue weighted by Crippen LogP contribution is -2.41. The summed E-state index contributed by atoms with van der Waals surface area (Å²) >= 11 is 0. The molecule has 2 aromatic heterocycles. The van der Waals surface area contributed by atoms with Gasteiger partial charge in [-0.15, -0.1) is 0 Å². The Kier molecular flexibility index (Phi) is 7.98. The van der Waals surface area contributed by atoms with E-state index in [1.807, 2.05) is 62.4 Å². The summed E-state index contributed by atoms with van der Waals surface area (Å²) in [5.41, 5.74) is 2.36. The van der Waals surface area contributed by atoms with Crippen molar-refractivity contribution in [3.8, 4) is 0 Å². The molecule has 0 aliphatic heterocycles. The van der Waals surface area contributed by atoms with Gasteiger partial charge in [0.15, 0.2) is 5.82 Å². The van der Waals surface area contributed by atoms with Crippen LogP contribution in [-0.2, 0) is 16.1 Å². The average Bonchev–Trinajstić information content (AvgIpc) is 3.33. The van der Waals surface area contributed by atoms with Crippen molar-refractivity contribution < 1.29 is 9.53 Å². The number of aromatic nitrogens is 3. The number of anilines is 1. The molecule has 8 heteroatoms. The molecule has 0 amide bonds. The molecule has 0 saturated carbocycles. The van der Waals surface area contributed by atoms with E-state index in [0.717, 1.165) is 34.8 Å². The van der Waals surface area contributed by atoms with Gasteiger partial charge in [0.25, 0.3) is 5.56 Å². The largest absolute Gasteiger partial charge is 0.469 e. The maximum absolute atomic E-state index is 13.0. The Balaban J connectivity index is 1.37. The summed E-state index contributed by atoms with van der Waals surface area (Å²) in [5, 5.41) is 16.3. The molecule has 0 aliphatic carbocycles. The smallest absolute Gasteiger partial charge is 0.313 e. The lowest BCUT2D eigenvalue weighted by molar-refractivity contribution is -0.152. The zero-order chi connectivity index (χ0) is 28.1. The van der Waals surface area contributed by atoms with E-state index in [1.165, 1.54) is 12.7 Å². The first-order valence-corrected chi connectivity index (χ1v) is 13.5. The molecule has 5 rings (SSSR count). The number of carbonyl (C=O) groups is 1. The number of H-pyrrole nitrogens is 1. The molecule has 40 heavy (non-hydrogen) atoms. The molecule has 0 fully saturated rings. The second-order valence-corrected chi connectivity index (χ2v) is 10.5. The fraction of sp³-hybridized carbons (Fsp3) is 0.281. The number of hydrogen-bond donors (Lipinski definition) is 3. The van der Waals surface area contributed by atoms with Crippen molar-refractivity contribution in [1.82, 2.24) is 20.1 Å². The predicted molar refractivity (Wildman–Crippen MR) is 159 cm³/mol. The van der Waals surface area contributed by atoms with Crippen LogP contribution in [0.5, 0.6) is 0 Å². The molecule has 3 aromatic carbocycles. The highest BCUT2D eigenvalue weighted by Crippen LogP contribution is 2.39. The molecule has 1 unspecified atom stereocenters. The van der Waals surface area contributed by atoms with Crippen molar-refractivity contribution in [2.75, 3.05) is 25.5 Å². The lowest BCUT2D eigenvalue weighted by atomic mass is 9.80. The van der Waals surface area contributed by atoms with Gasteiger partial charge in [0.2, 0.25) is 0 Å². The number of esters is 1. The molecule has 5 aromatic rings. The van der Waals surface area contributed by atoms with Crippen molar-refractivity contribution >= 4 is 33.5 Å². The highest BCUT2D eigenvalue weighted by atomic mass is 16.5. The minimum Gasteiger partial charge on any atom is -0.469 e. The number of aromatic amines is 1. The zero-order valence-corrected chi connectivity index (χ0v) is 23.1. The van der Waals surface area contributed by atoms with E-state index in [4.69, 9.17) is 4.74 Å². The molecule has 0 spiro atoms. The van der Waals surface area contributed by atoms with Crippen LogP contribution >= 0.6 is 0 Å². The average molecular weight is 538 g/mol. The fourth-order valence-electron chi connectivity index (χ4n) is 5.34. The number of fused-ring (bicyclic) bond motifs is 2. The first-order valence-electron chi connectivity index (χ1n) is 13.5. The number of ether oxygens (including phenoxy) is 1. The Morgan fingerprint density at radius 1 is 0.950 bits per heavy atom. The fourth-order valence-corrected chi connectivity index (χ4v) is 5.34. The first-order chi connectivity index (χ1) is 19.4. The molecule has 2 heterocycles. The van der Waals surface area contributed by atoms with E-state index in [9.17, 15) is 9.59 Å². The van der Waals surface area contributed by atoms with Gasteiger partial charge in [-0.3, -0.25) is 9.59 Å². The molecular formula is C32H35N5O3. The standard InChI is InChI=1S/C32H35N5O3/c1-32(2,31(39)40-3)28(33-18-11-19-34-29-24-15-7-8-16-25(24)30(38)36-35-29)26-21-37(20-22-12-5-4-6-13-22)27-17-10-9-14-23(26)27/h4-10,12-17,21,28,33H,11,18-20H2,1-3H3,(H,34,35)(H,36,38). The van der Waals surface area contributed by atoms with Crippen LogP contribution in [0.4, 0.5) is 5.82 Å². The van der Waals surface area contributed by atoms with Gasteiger partial charge in [-0.25, -0.2) is 5.10 Å². The maximum Gasteiger partial charge on any atom is 0.313 e. The molecule has 0 saturated heterocycles. The molecule has 0 bridgehead atoms. The molecule has 1 atom stereocenters. The summed E-state index contributed by atoms with van der Waals surface area (Å²) < 4.78 is 7.48. The maximum atomic E-state index is 13.0. The van der Waals surface area contributed by atoms with Crippen LogP contribution in [0.2, 0.25) is 0 Å². The number of para-hydroxylation sites is 1. The summed E-state index contributed by atoms with van der Waals surface area (Å²) in [7, 11) is 1.44. The third kappa shape index (κ3) is 5.49.